The highest BCUT2D eigenvalue weighted by Gasteiger charge is 2.20. The van der Waals surface area contributed by atoms with Gasteiger partial charge in [-0.3, -0.25) is 4.99 Å². The first-order chi connectivity index (χ1) is 12.8. The van der Waals surface area contributed by atoms with Gasteiger partial charge in [-0.15, -0.1) is 0 Å². The van der Waals surface area contributed by atoms with E-state index in [9.17, 15) is 0 Å². The van der Waals surface area contributed by atoms with Gasteiger partial charge in [0.15, 0.2) is 5.96 Å². The maximum absolute atomic E-state index is 5.73. The summed E-state index contributed by atoms with van der Waals surface area (Å²) in [7, 11) is 1.66. The number of hydrogen-bond acceptors (Lipinski definition) is 4. The molecule has 0 unspecified atom stereocenters. The predicted octanol–water partition coefficient (Wildman–Crippen LogP) is 2.84. The molecule has 0 saturated heterocycles. The maximum Gasteiger partial charge on any atom is 0.191 e. The van der Waals surface area contributed by atoms with Crippen LogP contribution in [0.15, 0.2) is 29.3 Å². The van der Waals surface area contributed by atoms with Gasteiger partial charge in [-0.05, 0) is 44.2 Å². The Morgan fingerprint density at radius 2 is 2.00 bits per heavy atom. The number of nitrogens with one attached hydrogen (secondary N) is 2. The first kappa shape index (κ1) is 20.4. The first-order valence-electron chi connectivity index (χ1n) is 9.68. The molecular weight excluding hydrogens is 330 g/mol. The number of methoxy groups -OCH3 is 1. The summed E-state index contributed by atoms with van der Waals surface area (Å²) in [4.78, 5) is 4.58. The largest absolute Gasteiger partial charge is 0.497 e. The lowest BCUT2D eigenvalue weighted by Crippen LogP contribution is -2.38. The zero-order chi connectivity index (χ0) is 18.5. The molecule has 2 N–H and O–H groups in total. The summed E-state index contributed by atoms with van der Waals surface area (Å²) >= 11 is 0. The fourth-order valence-electron chi connectivity index (χ4n) is 2.39. The summed E-state index contributed by atoms with van der Waals surface area (Å²) in [5, 5.41) is 6.62. The fraction of sp³-hybridized carbons (Fsp3) is 0.650. The summed E-state index contributed by atoms with van der Waals surface area (Å²) in [6.45, 7) is 6.89. The number of nitrogens with zero attached hydrogens (tertiary/aromatic N) is 1. The van der Waals surface area contributed by atoms with Crippen molar-refractivity contribution in [1.82, 2.24) is 10.6 Å². The Morgan fingerprint density at radius 3 is 2.77 bits per heavy atom. The van der Waals surface area contributed by atoms with Gasteiger partial charge in [-0.2, -0.15) is 0 Å². The van der Waals surface area contributed by atoms with Gasteiger partial charge in [0.25, 0.3) is 0 Å². The van der Waals surface area contributed by atoms with Crippen molar-refractivity contribution in [2.24, 2.45) is 10.9 Å². The molecule has 0 aromatic heterocycles. The quantitative estimate of drug-likeness (QED) is 0.321. The van der Waals surface area contributed by atoms with Gasteiger partial charge in [-0.25, -0.2) is 0 Å². The second kappa shape index (κ2) is 12.4. The van der Waals surface area contributed by atoms with Crippen molar-refractivity contribution in [1.29, 1.82) is 0 Å². The highest BCUT2D eigenvalue weighted by Crippen LogP contribution is 2.28. The van der Waals surface area contributed by atoms with Crippen LogP contribution in [0.4, 0.5) is 0 Å². The Bertz CT molecular complexity index is 533. The van der Waals surface area contributed by atoms with Gasteiger partial charge in [0.05, 0.1) is 13.7 Å². The summed E-state index contributed by atoms with van der Waals surface area (Å²) in [6.07, 6.45) is 4.54. The molecule has 1 aromatic rings. The molecule has 1 aliphatic carbocycles. The number of ether oxygens (including phenoxy) is 3. The smallest absolute Gasteiger partial charge is 0.191 e. The molecule has 0 heterocycles. The second-order valence-electron chi connectivity index (χ2n) is 6.44. The summed E-state index contributed by atoms with van der Waals surface area (Å²) < 4.78 is 16.6. The van der Waals surface area contributed by atoms with E-state index in [0.717, 1.165) is 69.1 Å². The van der Waals surface area contributed by atoms with E-state index >= 15 is 0 Å². The van der Waals surface area contributed by atoms with Gasteiger partial charge in [0, 0.05) is 45.3 Å². The molecule has 26 heavy (non-hydrogen) atoms. The van der Waals surface area contributed by atoms with E-state index in [4.69, 9.17) is 14.2 Å². The Labute approximate surface area is 157 Å². The van der Waals surface area contributed by atoms with E-state index in [0.29, 0.717) is 6.61 Å². The molecule has 0 aliphatic heterocycles. The lowest BCUT2D eigenvalue weighted by Gasteiger charge is -2.11. The summed E-state index contributed by atoms with van der Waals surface area (Å²) in [5.41, 5.74) is 0. The molecule has 0 spiro atoms. The van der Waals surface area contributed by atoms with Crippen molar-refractivity contribution in [3.63, 3.8) is 0 Å². The van der Waals surface area contributed by atoms with Crippen LogP contribution in [0.2, 0.25) is 0 Å². The van der Waals surface area contributed by atoms with Gasteiger partial charge in [-0.1, -0.05) is 6.07 Å². The fourth-order valence-corrected chi connectivity index (χ4v) is 2.39. The highest BCUT2D eigenvalue weighted by atomic mass is 16.5. The number of benzene rings is 1. The van der Waals surface area contributed by atoms with Crippen LogP contribution in [0, 0.1) is 5.92 Å². The van der Waals surface area contributed by atoms with Crippen LogP contribution in [0.3, 0.4) is 0 Å². The molecule has 0 atom stereocenters. The van der Waals surface area contributed by atoms with Crippen LogP contribution in [-0.2, 0) is 4.74 Å². The maximum atomic E-state index is 5.73. The Balaban J connectivity index is 1.56. The lowest BCUT2D eigenvalue weighted by atomic mass is 10.3. The zero-order valence-electron chi connectivity index (χ0n) is 16.1. The van der Waals surface area contributed by atoms with Gasteiger partial charge in [0.2, 0.25) is 0 Å². The molecule has 6 nitrogen and oxygen atoms in total. The average Bonchev–Trinajstić information content (AvgIpc) is 3.48. The molecule has 0 amide bonds. The highest BCUT2D eigenvalue weighted by molar-refractivity contribution is 5.79. The summed E-state index contributed by atoms with van der Waals surface area (Å²) in [6, 6.07) is 7.65. The van der Waals surface area contributed by atoms with E-state index in [1.807, 2.05) is 24.3 Å². The van der Waals surface area contributed by atoms with Crippen LogP contribution in [0.25, 0.3) is 0 Å². The third-order valence-corrected chi connectivity index (χ3v) is 4.03. The van der Waals surface area contributed by atoms with E-state index in [1.165, 1.54) is 12.8 Å². The molecule has 146 valence electrons. The number of aliphatic imine (C=N–C) groups is 1. The van der Waals surface area contributed by atoms with E-state index < -0.39 is 0 Å². The number of hydrogen-bond donors (Lipinski definition) is 2. The first-order valence-corrected chi connectivity index (χ1v) is 9.68. The third-order valence-electron chi connectivity index (χ3n) is 4.03. The Kier molecular flexibility index (Phi) is 9.72. The normalized spacial score (nSPS) is 14.2. The molecule has 1 saturated carbocycles. The van der Waals surface area contributed by atoms with Crippen molar-refractivity contribution in [2.75, 3.05) is 46.6 Å². The minimum atomic E-state index is 0.630. The van der Waals surface area contributed by atoms with Crippen LogP contribution in [0.5, 0.6) is 11.5 Å². The molecular formula is C20H33N3O3. The van der Waals surface area contributed by atoms with Crippen LogP contribution in [0.1, 0.15) is 32.6 Å². The number of rotatable bonds is 13. The molecule has 0 radical (unpaired) electrons. The van der Waals surface area contributed by atoms with Crippen molar-refractivity contribution < 1.29 is 14.2 Å². The van der Waals surface area contributed by atoms with Crippen molar-refractivity contribution in [2.45, 2.75) is 32.6 Å². The minimum absolute atomic E-state index is 0.630. The third kappa shape index (κ3) is 8.94. The van der Waals surface area contributed by atoms with Gasteiger partial charge >= 0.3 is 0 Å². The zero-order valence-corrected chi connectivity index (χ0v) is 16.1. The van der Waals surface area contributed by atoms with Crippen molar-refractivity contribution in [3.05, 3.63) is 24.3 Å². The van der Waals surface area contributed by atoms with Crippen molar-refractivity contribution >= 4 is 5.96 Å². The Hall–Kier alpha value is -1.95. The predicted molar refractivity (Wildman–Crippen MR) is 105 cm³/mol. The van der Waals surface area contributed by atoms with E-state index in [2.05, 4.69) is 22.5 Å². The standard InChI is InChI=1S/C20H33N3O3/c1-3-21-20(22-11-5-13-25-16-17-9-10-17)23-12-6-14-26-19-8-4-7-18(15-19)24-2/h4,7-8,15,17H,3,5-6,9-14,16H2,1-2H3,(H2,21,22,23). The molecule has 1 aromatic carbocycles. The van der Waals surface area contributed by atoms with Gasteiger partial charge in [0.1, 0.15) is 11.5 Å². The van der Waals surface area contributed by atoms with Crippen LogP contribution >= 0.6 is 0 Å². The second-order valence-corrected chi connectivity index (χ2v) is 6.44. The molecule has 0 bridgehead atoms. The molecule has 2 rings (SSSR count). The summed E-state index contributed by atoms with van der Waals surface area (Å²) in [5.74, 6) is 3.32. The monoisotopic (exact) mass is 363 g/mol. The SMILES string of the molecule is CCNC(=NCCCOc1cccc(OC)c1)NCCCOCC1CC1. The number of guanidine groups is 1. The molecule has 6 heteroatoms. The van der Waals surface area contributed by atoms with Crippen molar-refractivity contribution in [3.8, 4) is 11.5 Å². The van der Waals surface area contributed by atoms with Crippen LogP contribution in [-0.4, -0.2) is 52.5 Å². The average molecular weight is 364 g/mol. The topological polar surface area (TPSA) is 64.1 Å². The molecule has 1 fully saturated rings. The molecule has 1 aliphatic rings. The minimum Gasteiger partial charge on any atom is -0.497 e. The Morgan fingerprint density at radius 1 is 1.15 bits per heavy atom. The lowest BCUT2D eigenvalue weighted by molar-refractivity contribution is 0.123. The van der Waals surface area contributed by atoms with E-state index in [-0.39, 0.29) is 0 Å². The van der Waals surface area contributed by atoms with E-state index in [1.54, 1.807) is 7.11 Å². The van der Waals surface area contributed by atoms with Gasteiger partial charge < -0.3 is 24.8 Å². The van der Waals surface area contributed by atoms with Crippen LogP contribution < -0.4 is 20.1 Å².